The second-order valence-electron chi connectivity index (χ2n) is 1.11. The first-order valence-electron chi connectivity index (χ1n) is 2.20. The molecule has 10 heavy (non-hydrogen) atoms. The highest BCUT2D eigenvalue weighted by Crippen LogP contribution is 2.38. The molecule has 0 aromatic carbocycles. The molecule has 0 rings (SSSR count). The Morgan fingerprint density at radius 1 is 1.60 bits per heavy atom. The maximum absolute atomic E-state index is 10.3. The molecular formula is C4H6O5P-. The molecule has 0 amide bonds. The monoisotopic (exact) mass is 165 g/mol. The molecule has 0 fully saturated rings. The van der Waals surface area contributed by atoms with Gasteiger partial charge in [-0.3, -0.25) is 0 Å². The van der Waals surface area contributed by atoms with Gasteiger partial charge in [0.25, 0.3) is 0 Å². The van der Waals surface area contributed by atoms with Crippen LogP contribution in [-0.2, 0) is 13.6 Å². The molecule has 0 heterocycles. The summed E-state index contributed by atoms with van der Waals surface area (Å²) in [7, 11) is -4.32. The summed E-state index contributed by atoms with van der Waals surface area (Å²) in [6, 6.07) is 0. The lowest BCUT2D eigenvalue weighted by molar-refractivity contribution is -0.215. The minimum Gasteiger partial charge on any atom is -0.736 e. The molecule has 1 unspecified atom stereocenters. The molecule has 58 valence electrons. The molecule has 0 aromatic heterocycles. The topological polar surface area (TPSA) is 78.8 Å². The zero-order valence-corrected chi connectivity index (χ0v) is 5.86. The summed E-state index contributed by atoms with van der Waals surface area (Å²) in [6.07, 6.45) is 1.70. The van der Waals surface area contributed by atoms with Crippen LogP contribution in [-0.4, -0.2) is 5.11 Å². The predicted octanol–water partition coefficient (Wildman–Crippen LogP) is 0.661. The lowest BCUT2D eigenvalue weighted by Crippen LogP contribution is -2.02. The van der Waals surface area contributed by atoms with Crippen LogP contribution >= 0.6 is 7.82 Å². The van der Waals surface area contributed by atoms with E-state index in [1.54, 1.807) is 0 Å². The summed E-state index contributed by atoms with van der Waals surface area (Å²) in [5.41, 5.74) is 0. The number of hydrogen-bond acceptors (Lipinski definition) is 5. The first kappa shape index (κ1) is 9.07. The van der Waals surface area contributed by atoms with Crippen molar-refractivity contribution < 1.29 is 23.6 Å². The molecule has 6 heteroatoms. The average Bonchev–Trinajstić information content (AvgIpc) is 1.84. The van der Waals surface area contributed by atoms with E-state index >= 15 is 0 Å². The zero-order valence-electron chi connectivity index (χ0n) is 4.97. The Bertz CT molecular complexity index is 174. The number of phosphoric acid groups is 1. The number of hydrogen-bond donors (Lipinski definition) is 1. The van der Waals surface area contributed by atoms with E-state index in [9.17, 15) is 9.46 Å². The van der Waals surface area contributed by atoms with Gasteiger partial charge in [-0.05, 0) is 0 Å². The zero-order chi connectivity index (χ0) is 8.04. The molecular weight excluding hydrogens is 159 g/mol. The Labute approximate surface area is 57.8 Å². The fourth-order valence-corrected chi connectivity index (χ4v) is 0.654. The highest BCUT2D eigenvalue weighted by atomic mass is 31.2. The Morgan fingerprint density at radius 2 is 2.20 bits per heavy atom. The summed E-state index contributed by atoms with van der Waals surface area (Å²) >= 11 is 0. The molecule has 0 saturated carbocycles. The van der Waals surface area contributed by atoms with Crippen molar-refractivity contribution in [3.05, 3.63) is 25.4 Å². The maximum atomic E-state index is 10.3. The number of aliphatic hydroxyl groups excluding tert-OH is 1. The number of phosphoric ester groups is 1. The highest BCUT2D eigenvalue weighted by molar-refractivity contribution is 7.46. The third-order valence-corrected chi connectivity index (χ3v) is 1.24. The fourth-order valence-electron chi connectivity index (χ4n) is 0.218. The second kappa shape index (κ2) is 3.98. The van der Waals surface area contributed by atoms with Gasteiger partial charge in [0.2, 0.25) is 0 Å². The SMILES string of the molecule is C=COP(=O)([O-])O/C=C\O. The van der Waals surface area contributed by atoms with Crippen LogP contribution < -0.4 is 4.89 Å². The van der Waals surface area contributed by atoms with Crippen LogP contribution in [0.5, 0.6) is 0 Å². The van der Waals surface area contributed by atoms with Crippen LogP contribution in [0.2, 0.25) is 0 Å². The van der Waals surface area contributed by atoms with E-state index in [2.05, 4.69) is 15.6 Å². The van der Waals surface area contributed by atoms with Crippen LogP contribution in [0.25, 0.3) is 0 Å². The predicted molar refractivity (Wildman–Crippen MR) is 31.7 cm³/mol. The van der Waals surface area contributed by atoms with Gasteiger partial charge in [-0.1, -0.05) is 6.58 Å². The maximum Gasteiger partial charge on any atom is 0.371 e. The molecule has 0 aliphatic rings. The normalized spacial score (nSPS) is 16.1. The summed E-state index contributed by atoms with van der Waals surface area (Å²) in [5, 5.41) is 7.95. The van der Waals surface area contributed by atoms with Crippen LogP contribution in [0.1, 0.15) is 0 Å². The van der Waals surface area contributed by atoms with Crippen LogP contribution in [0.3, 0.4) is 0 Å². The Balaban J connectivity index is 3.86. The standard InChI is InChI=1S/C4H7O5P/c1-2-8-10(6,7)9-4-3-5/h2-5H,1H2,(H,6,7)/p-1/b4-3-. The van der Waals surface area contributed by atoms with Crippen LogP contribution in [0.4, 0.5) is 0 Å². The van der Waals surface area contributed by atoms with E-state index in [0.717, 1.165) is 0 Å². The summed E-state index contributed by atoms with van der Waals surface area (Å²) in [6.45, 7) is 2.99. The molecule has 0 aliphatic heterocycles. The summed E-state index contributed by atoms with van der Waals surface area (Å²) < 4.78 is 18.1. The molecule has 0 bridgehead atoms. The van der Waals surface area contributed by atoms with Crippen molar-refractivity contribution in [2.45, 2.75) is 0 Å². The first-order chi connectivity index (χ1) is 4.62. The molecule has 1 atom stereocenters. The van der Waals surface area contributed by atoms with Crippen molar-refractivity contribution in [2.75, 3.05) is 0 Å². The largest absolute Gasteiger partial charge is 0.736 e. The van der Waals surface area contributed by atoms with Crippen molar-refractivity contribution in [1.29, 1.82) is 0 Å². The van der Waals surface area contributed by atoms with Crippen LogP contribution in [0.15, 0.2) is 25.4 Å². The number of aliphatic hydroxyl groups is 1. The Morgan fingerprint density at radius 3 is 2.60 bits per heavy atom. The van der Waals surface area contributed by atoms with E-state index in [0.29, 0.717) is 18.8 Å². The van der Waals surface area contributed by atoms with Crippen molar-refractivity contribution in [2.24, 2.45) is 0 Å². The first-order valence-corrected chi connectivity index (χ1v) is 3.66. The van der Waals surface area contributed by atoms with Gasteiger partial charge in [0.05, 0.1) is 6.26 Å². The van der Waals surface area contributed by atoms with Crippen molar-refractivity contribution in [1.82, 2.24) is 0 Å². The molecule has 0 aromatic rings. The smallest absolute Gasteiger partial charge is 0.371 e. The highest BCUT2D eigenvalue weighted by Gasteiger charge is 2.04. The Hall–Kier alpha value is -0.930. The third-order valence-electron chi connectivity index (χ3n) is 0.454. The minimum absolute atomic E-state index is 0.428. The lowest BCUT2D eigenvalue weighted by atomic mass is 11.1. The van der Waals surface area contributed by atoms with Crippen molar-refractivity contribution in [3.8, 4) is 0 Å². The van der Waals surface area contributed by atoms with Crippen LogP contribution in [0, 0.1) is 0 Å². The van der Waals surface area contributed by atoms with E-state index < -0.39 is 7.82 Å². The molecule has 5 nitrogen and oxygen atoms in total. The summed E-state index contributed by atoms with van der Waals surface area (Å²) in [5.74, 6) is 0. The summed E-state index contributed by atoms with van der Waals surface area (Å²) in [4.78, 5) is 10.3. The van der Waals surface area contributed by atoms with Gasteiger partial charge in [0, 0.05) is 0 Å². The minimum atomic E-state index is -4.32. The van der Waals surface area contributed by atoms with Gasteiger partial charge >= 0.3 is 7.82 Å². The van der Waals surface area contributed by atoms with Gasteiger partial charge in [-0.25, -0.2) is 4.57 Å². The van der Waals surface area contributed by atoms with Gasteiger partial charge in [0.1, 0.15) is 12.5 Å². The average molecular weight is 165 g/mol. The van der Waals surface area contributed by atoms with Gasteiger partial charge in [-0.2, -0.15) is 0 Å². The molecule has 1 N–H and O–H groups in total. The lowest BCUT2D eigenvalue weighted by Gasteiger charge is -2.18. The van der Waals surface area contributed by atoms with Crippen molar-refractivity contribution >= 4 is 7.82 Å². The van der Waals surface area contributed by atoms with E-state index in [1.807, 2.05) is 0 Å². The van der Waals surface area contributed by atoms with E-state index in [1.165, 1.54) is 0 Å². The molecule has 0 aliphatic carbocycles. The van der Waals surface area contributed by atoms with Gasteiger partial charge in [0.15, 0.2) is 0 Å². The Kier molecular flexibility index (Phi) is 3.61. The van der Waals surface area contributed by atoms with E-state index in [-0.39, 0.29) is 0 Å². The molecule has 0 saturated heterocycles. The molecule has 0 radical (unpaired) electrons. The van der Waals surface area contributed by atoms with E-state index in [4.69, 9.17) is 5.11 Å². The molecule has 0 spiro atoms. The number of rotatable bonds is 4. The third kappa shape index (κ3) is 4.00. The van der Waals surface area contributed by atoms with Crippen molar-refractivity contribution in [3.63, 3.8) is 0 Å². The quantitative estimate of drug-likeness (QED) is 0.489. The second-order valence-corrected chi connectivity index (χ2v) is 2.43. The van der Waals surface area contributed by atoms with Gasteiger partial charge in [-0.15, -0.1) is 0 Å². The fraction of sp³-hybridized carbons (Fsp3) is 0. The van der Waals surface area contributed by atoms with Gasteiger partial charge < -0.3 is 19.0 Å².